The van der Waals surface area contributed by atoms with Crippen molar-refractivity contribution < 1.29 is 4.79 Å². The summed E-state index contributed by atoms with van der Waals surface area (Å²) in [6.07, 6.45) is 0.423. The highest BCUT2D eigenvalue weighted by atomic mass is 79.9. The van der Waals surface area contributed by atoms with Crippen molar-refractivity contribution in [1.29, 1.82) is 0 Å². The summed E-state index contributed by atoms with van der Waals surface area (Å²) in [6, 6.07) is 3.69. The molecule has 15 heavy (non-hydrogen) atoms. The smallest absolute Gasteiger partial charge is 0.168 e. The first-order chi connectivity index (χ1) is 7.15. The van der Waals surface area contributed by atoms with Crippen molar-refractivity contribution in [3.8, 4) is 0 Å². The molecule has 0 spiro atoms. The van der Waals surface area contributed by atoms with Crippen molar-refractivity contribution in [1.82, 2.24) is 0 Å². The molecule has 0 radical (unpaired) electrons. The Morgan fingerprint density at radius 1 is 1.33 bits per heavy atom. The van der Waals surface area contributed by atoms with E-state index in [-0.39, 0.29) is 5.78 Å². The summed E-state index contributed by atoms with van der Waals surface area (Å²) in [5.41, 5.74) is 1.74. The minimum absolute atomic E-state index is 0.131. The normalized spacial score (nSPS) is 10.5. The topological polar surface area (TPSA) is 17.1 Å². The van der Waals surface area contributed by atoms with Crippen LogP contribution in [0.5, 0.6) is 0 Å². The fourth-order valence-corrected chi connectivity index (χ4v) is 3.25. The molecule has 0 amide bonds. The molecule has 0 atom stereocenters. The van der Waals surface area contributed by atoms with Gasteiger partial charge in [0.25, 0.3) is 0 Å². The lowest BCUT2D eigenvalue weighted by atomic mass is 10.1. The molecule has 0 aliphatic rings. The molecule has 2 aromatic rings. The molecular weight excluding hydrogens is 316 g/mol. The zero-order valence-electron chi connectivity index (χ0n) is 7.50. The Hall–Kier alpha value is -0.160. The van der Waals surface area contributed by atoms with Crippen LogP contribution in [-0.4, -0.2) is 5.78 Å². The Labute approximate surface area is 109 Å². The summed E-state index contributed by atoms with van der Waals surface area (Å²) in [7, 11) is 0. The molecule has 0 bridgehead atoms. The van der Waals surface area contributed by atoms with E-state index in [1.807, 2.05) is 22.9 Å². The van der Waals surface area contributed by atoms with Crippen molar-refractivity contribution >= 4 is 56.0 Å². The van der Waals surface area contributed by atoms with Gasteiger partial charge in [-0.05, 0) is 39.0 Å². The highest BCUT2D eigenvalue weighted by Crippen LogP contribution is 2.24. The number of ketones is 1. The van der Waals surface area contributed by atoms with Crippen molar-refractivity contribution in [3.63, 3.8) is 0 Å². The minimum atomic E-state index is 0.131. The third kappa shape index (κ3) is 2.91. The van der Waals surface area contributed by atoms with Gasteiger partial charge in [0.1, 0.15) is 0 Å². The average molecular weight is 322 g/mol. The van der Waals surface area contributed by atoms with Crippen molar-refractivity contribution in [2.24, 2.45) is 0 Å². The van der Waals surface area contributed by atoms with Crippen LogP contribution < -0.4 is 0 Å². The summed E-state index contributed by atoms with van der Waals surface area (Å²) in [5, 5.41) is 3.78. The lowest BCUT2D eigenvalue weighted by Crippen LogP contribution is -2.00. The van der Waals surface area contributed by atoms with Crippen LogP contribution in [0.15, 0.2) is 26.7 Å². The van der Waals surface area contributed by atoms with Gasteiger partial charge in [0.15, 0.2) is 5.78 Å². The Kier molecular flexibility index (Phi) is 3.61. The van der Waals surface area contributed by atoms with E-state index in [0.29, 0.717) is 6.42 Å². The molecule has 0 aliphatic carbocycles. The first-order valence-electron chi connectivity index (χ1n) is 4.15. The van der Waals surface area contributed by atoms with Crippen LogP contribution in [0.25, 0.3) is 0 Å². The number of thiophene rings is 2. The van der Waals surface area contributed by atoms with Crippen LogP contribution in [0.1, 0.15) is 15.9 Å². The molecule has 0 unspecified atom stereocenters. The van der Waals surface area contributed by atoms with Gasteiger partial charge in [0.05, 0.1) is 8.12 Å². The van der Waals surface area contributed by atoms with E-state index in [1.54, 1.807) is 0 Å². The average Bonchev–Trinajstić information content (AvgIpc) is 2.75. The predicted octanol–water partition coefficient (Wildman–Crippen LogP) is 4.65. The molecule has 5 heteroatoms. The molecule has 0 saturated heterocycles. The van der Waals surface area contributed by atoms with E-state index in [1.165, 1.54) is 22.7 Å². The van der Waals surface area contributed by atoms with Crippen molar-refractivity contribution in [3.05, 3.63) is 42.1 Å². The van der Waals surface area contributed by atoms with Crippen LogP contribution in [0, 0.1) is 0 Å². The number of carbonyl (C=O) groups excluding carboxylic acids is 1. The molecule has 78 valence electrons. The zero-order chi connectivity index (χ0) is 10.8. The second-order valence-electron chi connectivity index (χ2n) is 3.00. The van der Waals surface area contributed by atoms with Gasteiger partial charge in [-0.3, -0.25) is 4.79 Å². The number of carbonyl (C=O) groups is 1. The maximum absolute atomic E-state index is 11.8. The van der Waals surface area contributed by atoms with Gasteiger partial charge < -0.3 is 0 Å². The van der Waals surface area contributed by atoms with Crippen LogP contribution in [0.4, 0.5) is 0 Å². The highest BCUT2D eigenvalue weighted by Gasteiger charge is 2.10. The Morgan fingerprint density at radius 2 is 2.13 bits per heavy atom. The molecule has 0 fully saturated rings. The van der Waals surface area contributed by atoms with E-state index in [2.05, 4.69) is 15.9 Å². The van der Waals surface area contributed by atoms with Crippen LogP contribution in [0.2, 0.25) is 4.34 Å². The van der Waals surface area contributed by atoms with E-state index in [9.17, 15) is 4.79 Å². The molecule has 0 aliphatic heterocycles. The summed E-state index contributed by atoms with van der Waals surface area (Å²) >= 11 is 12.1. The van der Waals surface area contributed by atoms with E-state index in [0.717, 1.165) is 19.2 Å². The molecular formula is C10H6BrClOS2. The van der Waals surface area contributed by atoms with E-state index in [4.69, 9.17) is 11.6 Å². The van der Waals surface area contributed by atoms with Crippen molar-refractivity contribution in [2.45, 2.75) is 6.42 Å². The van der Waals surface area contributed by atoms with Gasteiger partial charge in [-0.2, -0.15) is 0 Å². The van der Waals surface area contributed by atoms with Crippen LogP contribution >= 0.6 is 50.2 Å². The van der Waals surface area contributed by atoms with Gasteiger partial charge in [0.2, 0.25) is 0 Å². The van der Waals surface area contributed by atoms with E-state index >= 15 is 0 Å². The maximum Gasteiger partial charge on any atom is 0.168 e. The Bertz CT molecular complexity index is 489. The summed E-state index contributed by atoms with van der Waals surface area (Å²) < 4.78 is 1.71. The highest BCUT2D eigenvalue weighted by molar-refractivity contribution is 9.11. The third-order valence-corrected chi connectivity index (χ3v) is 4.52. The SMILES string of the molecule is O=C(Cc1csc(Cl)c1)c1csc(Br)c1. The van der Waals surface area contributed by atoms with E-state index < -0.39 is 0 Å². The largest absolute Gasteiger partial charge is 0.294 e. The lowest BCUT2D eigenvalue weighted by Gasteiger charge is -1.94. The second-order valence-corrected chi connectivity index (χ2v) is 6.83. The Balaban J connectivity index is 2.10. The summed E-state index contributed by atoms with van der Waals surface area (Å²) in [4.78, 5) is 11.8. The molecule has 0 N–H and O–H groups in total. The number of Topliss-reactive ketones (excluding diaryl/α,β-unsaturated/α-hetero) is 1. The molecule has 2 aromatic heterocycles. The number of hydrogen-bond acceptors (Lipinski definition) is 3. The minimum Gasteiger partial charge on any atom is -0.294 e. The zero-order valence-corrected chi connectivity index (χ0v) is 11.5. The first kappa shape index (κ1) is 11.3. The quantitative estimate of drug-likeness (QED) is 0.752. The maximum atomic E-state index is 11.8. The van der Waals surface area contributed by atoms with Gasteiger partial charge in [-0.1, -0.05) is 11.6 Å². The number of hydrogen-bond donors (Lipinski definition) is 0. The van der Waals surface area contributed by atoms with Gasteiger partial charge in [-0.25, -0.2) is 0 Å². The standard InChI is InChI=1S/C10H6BrClOS2/c11-9-3-7(5-14-9)8(13)1-6-2-10(12)15-4-6/h2-5H,1H2. The van der Waals surface area contributed by atoms with Gasteiger partial charge >= 0.3 is 0 Å². The molecule has 0 saturated carbocycles. The second kappa shape index (κ2) is 4.78. The van der Waals surface area contributed by atoms with Gasteiger partial charge in [-0.15, -0.1) is 22.7 Å². The Morgan fingerprint density at radius 3 is 2.67 bits per heavy atom. The lowest BCUT2D eigenvalue weighted by molar-refractivity contribution is 0.0993. The van der Waals surface area contributed by atoms with Crippen LogP contribution in [-0.2, 0) is 6.42 Å². The monoisotopic (exact) mass is 320 g/mol. The fourth-order valence-electron chi connectivity index (χ4n) is 1.18. The molecule has 1 nitrogen and oxygen atoms in total. The predicted molar refractivity (Wildman–Crippen MR) is 69.4 cm³/mol. The molecule has 2 heterocycles. The van der Waals surface area contributed by atoms with Crippen LogP contribution in [0.3, 0.4) is 0 Å². The molecule has 0 aromatic carbocycles. The number of rotatable bonds is 3. The first-order valence-corrected chi connectivity index (χ1v) is 7.08. The fraction of sp³-hybridized carbons (Fsp3) is 0.100. The number of halogens is 2. The summed E-state index contributed by atoms with van der Waals surface area (Å²) in [5.74, 6) is 0.131. The third-order valence-electron chi connectivity index (χ3n) is 1.88. The van der Waals surface area contributed by atoms with Crippen molar-refractivity contribution in [2.75, 3.05) is 0 Å². The molecule has 2 rings (SSSR count). The van der Waals surface area contributed by atoms with Gasteiger partial charge in [0, 0.05) is 17.4 Å². The summed E-state index contributed by atoms with van der Waals surface area (Å²) in [6.45, 7) is 0.